The van der Waals surface area contributed by atoms with Gasteiger partial charge in [0, 0.05) is 28.9 Å². The first-order chi connectivity index (χ1) is 15.3. The van der Waals surface area contributed by atoms with E-state index < -0.39 is 15.7 Å². The van der Waals surface area contributed by atoms with Crippen LogP contribution in [-0.2, 0) is 0 Å². The largest absolute Gasteiger partial charge is 0.595 e. The predicted molar refractivity (Wildman–Crippen MR) is 119 cm³/mol. The second-order valence-electron chi connectivity index (χ2n) is 6.86. The summed E-state index contributed by atoms with van der Waals surface area (Å²) in [6.07, 6.45) is 6.28. The summed E-state index contributed by atoms with van der Waals surface area (Å²) in [5, 5.41) is 59.3. The highest BCUT2D eigenvalue weighted by molar-refractivity contribution is 5.83. The van der Waals surface area contributed by atoms with Gasteiger partial charge >= 0.3 is 0 Å². The Hall–Kier alpha value is -3.42. The van der Waals surface area contributed by atoms with Gasteiger partial charge in [-0.25, -0.2) is 15.6 Å². The van der Waals surface area contributed by atoms with Gasteiger partial charge in [-0.05, 0) is 35.4 Å². The molecule has 166 valence electrons. The molecule has 0 radical (unpaired) electrons. The van der Waals surface area contributed by atoms with Crippen LogP contribution in [0.25, 0.3) is 24.3 Å². The summed E-state index contributed by atoms with van der Waals surface area (Å²) in [6.45, 7) is 0. The summed E-state index contributed by atoms with van der Waals surface area (Å²) in [6, 6.07) is 15.8. The number of nitrogens with two attached hydrogens (primary N) is 1. The van der Waals surface area contributed by atoms with Gasteiger partial charge in [-0.1, -0.05) is 42.5 Å². The van der Waals surface area contributed by atoms with Crippen molar-refractivity contribution in [1.82, 2.24) is 0 Å². The van der Waals surface area contributed by atoms with E-state index in [0.29, 0.717) is 22.4 Å². The minimum atomic E-state index is -1.28. The maximum absolute atomic E-state index is 11.7. The molecule has 8 N–H and O–H groups in total. The molecule has 10 heteroatoms. The SMILES string of the molecule is Nc1ccccc1C=Cc1cc(C=Cc2cccc([NH+]([O-])O)c2)c([NH+]([O-])O)cc1[NH+]([O-])O. The van der Waals surface area contributed by atoms with Crippen molar-refractivity contribution in [3.63, 3.8) is 0 Å². The van der Waals surface area contributed by atoms with Crippen molar-refractivity contribution in [3.05, 3.63) is 98.5 Å². The van der Waals surface area contributed by atoms with E-state index in [2.05, 4.69) is 0 Å². The Morgan fingerprint density at radius 3 is 1.81 bits per heavy atom. The molecule has 3 atom stereocenters. The van der Waals surface area contributed by atoms with Crippen LogP contribution in [0.3, 0.4) is 0 Å². The number of nitrogens with one attached hydrogen (secondary N) is 3. The fourth-order valence-corrected chi connectivity index (χ4v) is 3.08. The van der Waals surface area contributed by atoms with Crippen LogP contribution in [-0.4, -0.2) is 15.6 Å². The van der Waals surface area contributed by atoms with E-state index in [1.54, 1.807) is 54.6 Å². The molecule has 0 saturated heterocycles. The Bertz CT molecular complexity index is 1150. The van der Waals surface area contributed by atoms with Crippen LogP contribution >= 0.6 is 0 Å². The van der Waals surface area contributed by atoms with E-state index in [1.807, 2.05) is 0 Å². The number of anilines is 1. The maximum atomic E-state index is 11.7. The van der Waals surface area contributed by atoms with E-state index >= 15 is 0 Å². The molecule has 0 aliphatic carbocycles. The van der Waals surface area contributed by atoms with E-state index in [9.17, 15) is 26.0 Å². The third kappa shape index (κ3) is 5.63. The lowest BCUT2D eigenvalue weighted by molar-refractivity contribution is -0.996. The van der Waals surface area contributed by atoms with Crippen molar-refractivity contribution in [3.8, 4) is 0 Å². The third-order valence-corrected chi connectivity index (χ3v) is 4.71. The lowest BCUT2D eigenvalue weighted by atomic mass is 10.0. The Labute approximate surface area is 183 Å². The number of hydrogen-bond acceptors (Lipinski definition) is 7. The summed E-state index contributed by atoms with van der Waals surface area (Å²) < 4.78 is 0. The quantitative estimate of drug-likeness (QED) is 0.163. The molecule has 3 aromatic rings. The first-order valence-corrected chi connectivity index (χ1v) is 9.45. The molecule has 3 unspecified atom stereocenters. The van der Waals surface area contributed by atoms with Gasteiger partial charge in [-0.15, -0.1) is 0 Å². The lowest BCUT2D eigenvalue weighted by Gasteiger charge is -2.19. The van der Waals surface area contributed by atoms with Gasteiger partial charge in [0.25, 0.3) is 0 Å². The molecule has 3 rings (SSSR count). The molecule has 0 aromatic heterocycles. The zero-order valence-corrected chi connectivity index (χ0v) is 16.7. The summed E-state index contributed by atoms with van der Waals surface area (Å²) in [5.41, 5.74) is 7.98. The molecule has 32 heavy (non-hydrogen) atoms. The predicted octanol–water partition coefficient (Wildman–Crippen LogP) is 0.820. The van der Waals surface area contributed by atoms with Gasteiger partial charge in [0.15, 0.2) is 17.1 Å². The fourth-order valence-electron chi connectivity index (χ4n) is 3.08. The van der Waals surface area contributed by atoms with E-state index in [4.69, 9.17) is 10.9 Å². The van der Waals surface area contributed by atoms with Crippen LogP contribution in [0.4, 0.5) is 22.7 Å². The number of benzene rings is 3. The number of quaternary nitrogens is 3. The molecule has 0 aliphatic heterocycles. The third-order valence-electron chi connectivity index (χ3n) is 4.71. The number of hydrogen-bond donors (Lipinski definition) is 7. The second kappa shape index (κ2) is 10.3. The number of rotatable bonds is 7. The van der Waals surface area contributed by atoms with Crippen molar-refractivity contribution in [2.75, 3.05) is 5.73 Å². The lowest BCUT2D eigenvalue weighted by Crippen LogP contribution is -3.01. The summed E-state index contributed by atoms with van der Waals surface area (Å²) in [4.78, 5) is 0. The van der Waals surface area contributed by atoms with E-state index in [1.165, 1.54) is 24.3 Å². The van der Waals surface area contributed by atoms with E-state index in [-0.39, 0.29) is 22.6 Å². The normalized spacial score (nSPS) is 14.7. The maximum Gasteiger partial charge on any atom is 0.177 e. The van der Waals surface area contributed by atoms with Crippen molar-refractivity contribution < 1.29 is 31.3 Å². The average molecular weight is 438 g/mol. The van der Waals surface area contributed by atoms with Crippen LogP contribution in [0.2, 0.25) is 0 Å². The Morgan fingerprint density at radius 1 is 0.625 bits per heavy atom. The Balaban J connectivity index is 2.06. The highest BCUT2D eigenvalue weighted by Crippen LogP contribution is 2.25. The minimum Gasteiger partial charge on any atom is -0.595 e. The van der Waals surface area contributed by atoms with Crippen LogP contribution in [0.1, 0.15) is 22.3 Å². The number of nitrogen functional groups attached to an aromatic ring is 1. The molecule has 10 nitrogen and oxygen atoms in total. The monoisotopic (exact) mass is 438 g/mol. The molecule has 0 spiro atoms. The van der Waals surface area contributed by atoms with Gasteiger partial charge in [0.2, 0.25) is 0 Å². The summed E-state index contributed by atoms with van der Waals surface area (Å²) in [5.74, 6) is 0. The summed E-state index contributed by atoms with van der Waals surface area (Å²) >= 11 is 0. The van der Waals surface area contributed by atoms with Gasteiger partial charge in [-0.2, -0.15) is 15.7 Å². The van der Waals surface area contributed by atoms with Crippen LogP contribution in [0, 0.1) is 15.6 Å². The standard InChI is InChI=1S/C22H22N4O6/c23-20-7-2-1-5-16(20)10-11-18-13-17(21(25(29)30)14-22(18)26(31)32)9-8-15-4-3-6-19(12-15)24(27)28/h1-14,24-27,29,31H,23H2. The molecule has 0 saturated carbocycles. The van der Waals surface area contributed by atoms with Crippen molar-refractivity contribution in [2.45, 2.75) is 0 Å². The zero-order chi connectivity index (χ0) is 23.3. The Morgan fingerprint density at radius 2 is 1.22 bits per heavy atom. The molecule has 0 amide bonds. The Kier molecular flexibility index (Phi) is 7.45. The first kappa shape index (κ1) is 23.2. The number of para-hydroxylation sites is 1. The van der Waals surface area contributed by atoms with E-state index in [0.717, 1.165) is 6.07 Å². The second-order valence-corrected chi connectivity index (χ2v) is 6.86. The molecule has 0 heterocycles. The van der Waals surface area contributed by atoms with Crippen molar-refractivity contribution >= 4 is 47.1 Å². The van der Waals surface area contributed by atoms with Crippen molar-refractivity contribution in [1.29, 1.82) is 0 Å². The minimum absolute atomic E-state index is 0.0934. The van der Waals surface area contributed by atoms with Gasteiger partial charge in [0.05, 0.1) is 6.07 Å². The molecule has 3 aromatic carbocycles. The fraction of sp³-hybridized carbons (Fsp3) is 0. The molecule has 0 aliphatic rings. The smallest absolute Gasteiger partial charge is 0.177 e. The molecular formula is C22H22N4O6. The molecule has 0 fully saturated rings. The van der Waals surface area contributed by atoms with Gasteiger partial charge in [-0.3, -0.25) is 0 Å². The topological polar surface area (TPSA) is 169 Å². The highest BCUT2D eigenvalue weighted by Gasteiger charge is 2.17. The van der Waals surface area contributed by atoms with Crippen LogP contribution in [0.15, 0.2) is 60.7 Å². The van der Waals surface area contributed by atoms with Crippen LogP contribution in [0.5, 0.6) is 0 Å². The van der Waals surface area contributed by atoms with Crippen LogP contribution < -0.4 is 21.4 Å². The average Bonchev–Trinajstić information content (AvgIpc) is 2.76. The highest BCUT2D eigenvalue weighted by atomic mass is 16.8. The first-order valence-electron chi connectivity index (χ1n) is 9.45. The van der Waals surface area contributed by atoms with Gasteiger partial charge < -0.3 is 21.4 Å². The molecular weight excluding hydrogens is 416 g/mol. The van der Waals surface area contributed by atoms with Crippen molar-refractivity contribution in [2.24, 2.45) is 0 Å². The molecule has 0 bridgehead atoms. The van der Waals surface area contributed by atoms with Gasteiger partial charge in [0.1, 0.15) is 0 Å². The zero-order valence-electron chi connectivity index (χ0n) is 16.7. The summed E-state index contributed by atoms with van der Waals surface area (Å²) in [7, 11) is 0.